The third-order valence-electron chi connectivity index (χ3n) is 8.86. The van der Waals surface area contributed by atoms with Crippen molar-refractivity contribution in [1.29, 1.82) is 0 Å². The van der Waals surface area contributed by atoms with E-state index in [1.54, 1.807) is 11.9 Å². The molecule has 1 aliphatic heterocycles. The highest BCUT2D eigenvalue weighted by atomic mass is 35.5. The number of benzene rings is 2. The minimum Gasteiger partial charge on any atom is -0.349 e. The maximum absolute atomic E-state index is 13.3. The van der Waals surface area contributed by atoms with E-state index in [2.05, 4.69) is 12.2 Å². The van der Waals surface area contributed by atoms with Crippen molar-refractivity contribution >= 4 is 46.9 Å². The molecule has 35 heavy (non-hydrogen) atoms. The summed E-state index contributed by atoms with van der Waals surface area (Å²) in [5, 5.41) is 3.97. The van der Waals surface area contributed by atoms with Gasteiger partial charge in [0, 0.05) is 28.6 Å². The molecule has 2 amide bonds. The summed E-state index contributed by atoms with van der Waals surface area (Å²) in [4.78, 5) is 29.6. The number of carbonyl (C=O) groups is 2. The van der Waals surface area contributed by atoms with Gasteiger partial charge in [0.25, 0.3) is 11.8 Å². The summed E-state index contributed by atoms with van der Waals surface area (Å²) >= 11 is 7.72. The van der Waals surface area contributed by atoms with Gasteiger partial charge in [-0.1, -0.05) is 41.6 Å². The lowest BCUT2D eigenvalue weighted by atomic mass is 9.48. The fraction of sp³-hybridized carbons (Fsp3) is 0.448. The van der Waals surface area contributed by atoms with Crippen LogP contribution in [0.4, 0.5) is 5.69 Å². The first-order valence-electron chi connectivity index (χ1n) is 12.7. The van der Waals surface area contributed by atoms with Crippen LogP contribution in [0.2, 0.25) is 5.02 Å². The van der Waals surface area contributed by atoms with Crippen LogP contribution in [0.5, 0.6) is 0 Å². The average molecular weight is 507 g/mol. The Kier molecular flexibility index (Phi) is 5.76. The Bertz CT molecular complexity index is 1200. The number of rotatable bonds is 4. The van der Waals surface area contributed by atoms with E-state index in [0.29, 0.717) is 15.5 Å². The van der Waals surface area contributed by atoms with Crippen LogP contribution in [0, 0.1) is 23.2 Å². The zero-order chi connectivity index (χ0) is 24.3. The molecule has 1 heterocycles. The van der Waals surface area contributed by atoms with Gasteiger partial charge in [-0.25, -0.2) is 0 Å². The molecule has 1 N–H and O–H groups in total. The van der Waals surface area contributed by atoms with Crippen molar-refractivity contribution in [3.63, 3.8) is 0 Å². The molecular formula is C29H31ClN2O2S. The average Bonchev–Trinajstić information content (AvgIpc) is 2.82. The summed E-state index contributed by atoms with van der Waals surface area (Å²) in [6.45, 7) is 2.21. The molecule has 0 saturated heterocycles. The topological polar surface area (TPSA) is 49.4 Å². The fourth-order valence-electron chi connectivity index (χ4n) is 7.41. The zero-order valence-electron chi connectivity index (χ0n) is 20.2. The van der Waals surface area contributed by atoms with Gasteiger partial charge in [-0.15, -0.1) is 0 Å². The molecule has 5 aliphatic rings. The molecule has 2 aromatic carbocycles. The van der Waals surface area contributed by atoms with Gasteiger partial charge in [-0.3, -0.25) is 9.59 Å². The lowest BCUT2D eigenvalue weighted by molar-refractivity contribution is -0.114. The lowest BCUT2D eigenvalue weighted by Crippen LogP contribution is -2.55. The number of halogens is 1. The maximum atomic E-state index is 13.3. The Morgan fingerprint density at radius 1 is 1.11 bits per heavy atom. The number of fused-ring (bicyclic) bond motifs is 1. The molecule has 182 valence electrons. The molecule has 1 unspecified atom stereocenters. The van der Waals surface area contributed by atoms with Crippen LogP contribution in [0.1, 0.15) is 61.4 Å². The molecule has 6 heteroatoms. The zero-order valence-corrected chi connectivity index (χ0v) is 21.8. The Hall–Kier alpha value is -2.24. The summed E-state index contributed by atoms with van der Waals surface area (Å²) in [5.74, 6) is 2.43. The van der Waals surface area contributed by atoms with Gasteiger partial charge in [0.15, 0.2) is 0 Å². The van der Waals surface area contributed by atoms with Crippen molar-refractivity contribution in [2.75, 3.05) is 11.9 Å². The molecule has 1 atom stereocenters. The first kappa shape index (κ1) is 23.2. The first-order chi connectivity index (χ1) is 16.8. The number of nitrogens with one attached hydrogen (secondary N) is 1. The lowest BCUT2D eigenvalue weighted by Gasteiger charge is -2.59. The van der Waals surface area contributed by atoms with E-state index >= 15 is 0 Å². The Morgan fingerprint density at radius 3 is 2.43 bits per heavy atom. The number of carbonyl (C=O) groups excluding carboxylic acids is 2. The third-order valence-corrected chi connectivity index (χ3v) is 10.3. The van der Waals surface area contributed by atoms with Gasteiger partial charge in [0.05, 0.1) is 10.6 Å². The molecule has 4 aliphatic carbocycles. The molecule has 4 fully saturated rings. The van der Waals surface area contributed by atoms with E-state index in [-0.39, 0.29) is 23.3 Å². The number of amides is 2. The predicted molar refractivity (Wildman–Crippen MR) is 143 cm³/mol. The highest BCUT2D eigenvalue weighted by Gasteiger charge is 2.53. The highest BCUT2D eigenvalue weighted by Crippen LogP contribution is 2.61. The van der Waals surface area contributed by atoms with Crippen LogP contribution >= 0.6 is 23.4 Å². The number of likely N-dealkylation sites (N-methyl/N-ethyl adjacent to an activating group) is 1. The van der Waals surface area contributed by atoms with Crippen molar-refractivity contribution < 1.29 is 9.59 Å². The Balaban J connectivity index is 1.21. The monoisotopic (exact) mass is 506 g/mol. The van der Waals surface area contributed by atoms with Crippen molar-refractivity contribution in [2.45, 2.75) is 56.4 Å². The van der Waals surface area contributed by atoms with E-state index in [1.807, 2.05) is 48.5 Å². The largest absolute Gasteiger partial charge is 0.349 e. The molecular weight excluding hydrogens is 476 g/mol. The number of anilines is 1. The van der Waals surface area contributed by atoms with Gasteiger partial charge < -0.3 is 10.2 Å². The van der Waals surface area contributed by atoms with Crippen molar-refractivity contribution in [2.24, 2.45) is 23.2 Å². The summed E-state index contributed by atoms with van der Waals surface area (Å²) < 4.78 is 0. The maximum Gasteiger partial charge on any atom is 0.264 e. The van der Waals surface area contributed by atoms with E-state index < -0.39 is 0 Å². The van der Waals surface area contributed by atoms with Crippen LogP contribution in [0.25, 0.3) is 6.08 Å². The Morgan fingerprint density at radius 2 is 1.77 bits per heavy atom. The van der Waals surface area contributed by atoms with E-state index in [1.165, 1.54) is 50.3 Å². The van der Waals surface area contributed by atoms with Crippen LogP contribution < -0.4 is 10.2 Å². The second-order valence-electron chi connectivity index (χ2n) is 11.2. The molecule has 7 rings (SSSR count). The molecule has 0 aromatic heterocycles. The van der Waals surface area contributed by atoms with Crippen LogP contribution in [0.3, 0.4) is 0 Å². The minimum absolute atomic E-state index is 0.0423. The third kappa shape index (κ3) is 4.11. The number of thioether (sulfide) groups is 1. The van der Waals surface area contributed by atoms with Crippen molar-refractivity contribution in [3.8, 4) is 0 Å². The van der Waals surface area contributed by atoms with Crippen LogP contribution in [-0.2, 0) is 4.79 Å². The summed E-state index contributed by atoms with van der Waals surface area (Å²) in [6.07, 6.45) is 9.82. The van der Waals surface area contributed by atoms with Crippen molar-refractivity contribution in [3.05, 3.63) is 63.5 Å². The van der Waals surface area contributed by atoms with E-state index in [9.17, 15) is 9.59 Å². The quantitative estimate of drug-likeness (QED) is 0.465. The number of nitrogens with zero attached hydrogens (tertiary/aromatic N) is 1. The standard InChI is InChI=1S/C29H31ClN2O2S/c1-17(29-14-18-9-19(15-29)11-20(10-18)16-29)31-27(33)22-7-8-25-24(12-22)32(2)28(34)26(35-25)13-21-5-3-4-6-23(21)30/h3-8,12-13,17-20H,9-11,14-16H2,1-2H3,(H,31,33). The second kappa shape index (κ2) is 8.70. The molecule has 4 bridgehead atoms. The summed E-state index contributed by atoms with van der Waals surface area (Å²) in [6, 6.07) is 13.3. The van der Waals surface area contributed by atoms with Crippen LogP contribution in [0.15, 0.2) is 52.3 Å². The van der Waals surface area contributed by atoms with Gasteiger partial charge in [-0.05, 0) is 105 Å². The minimum atomic E-state index is -0.0955. The fourth-order valence-corrected chi connectivity index (χ4v) is 8.68. The number of hydrogen-bond acceptors (Lipinski definition) is 3. The normalized spacial score (nSPS) is 30.9. The van der Waals surface area contributed by atoms with Crippen molar-refractivity contribution in [1.82, 2.24) is 5.32 Å². The van der Waals surface area contributed by atoms with Gasteiger partial charge >= 0.3 is 0 Å². The Labute approximate surface area is 216 Å². The SMILES string of the molecule is CC(NC(=O)c1ccc2c(c1)N(C)C(=O)C(=Cc1ccccc1Cl)S2)C12CC3CC(CC(C3)C1)C2. The predicted octanol–water partition coefficient (Wildman–Crippen LogP) is 6.78. The van der Waals surface area contributed by atoms with Gasteiger partial charge in [-0.2, -0.15) is 0 Å². The van der Waals surface area contributed by atoms with Gasteiger partial charge in [0.1, 0.15) is 0 Å². The molecule has 0 spiro atoms. The smallest absolute Gasteiger partial charge is 0.264 e. The molecule has 4 saturated carbocycles. The summed E-state index contributed by atoms with van der Waals surface area (Å²) in [5.41, 5.74) is 2.46. The van der Waals surface area contributed by atoms with Crippen LogP contribution in [-0.4, -0.2) is 24.9 Å². The molecule has 2 aromatic rings. The van der Waals surface area contributed by atoms with E-state index in [4.69, 9.17) is 11.6 Å². The highest BCUT2D eigenvalue weighted by molar-refractivity contribution is 8.04. The molecule has 4 nitrogen and oxygen atoms in total. The van der Waals surface area contributed by atoms with Gasteiger partial charge in [0.2, 0.25) is 0 Å². The first-order valence-corrected chi connectivity index (χ1v) is 13.9. The second-order valence-corrected chi connectivity index (χ2v) is 12.6. The molecule has 0 radical (unpaired) electrons. The number of hydrogen-bond donors (Lipinski definition) is 1. The van der Waals surface area contributed by atoms with E-state index in [0.717, 1.165) is 33.9 Å². The summed E-state index contributed by atoms with van der Waals surface area (Å²) in [7, 11) is 1.76.